The molecule has 1 amide bonds. The van der Waals surface area contributed by atoms with Gasteiger partial charge in [-0.1, -0.05) is 25.3 Å². The Labute approximate surface area is 137 Å². The molecule has 1 spiro atoms. The van der Waals surface area contributed by atoms with Gasteiger partial charge in [-0.05, 0) is 32.3 Å². The first-order valence-corrected chi connectivity index (χ1v) is 8.72. The van der Waals surface area contributed by atoms with Gasteiger partial charge in [-0.3, -0.25) is 9.59 Å². The smallest absolute Gasteiger partial charge is 0.250 e. The van der Waals surface area contributed by atoms with Gasteiger partial charge in [0.1, 0.15) is 6.54 Å². The molecule has 5 nitrogen and oxygen atoms in total. The molecule has 1 N–H and O–H groups in total. The lowest BCUT2D eigenvalue weighted by Gasteiger charge is -2.57. The Morgan fingerprint density at radius 2 is 2.13 bits per heavy atom. The molecule has 2 aliphatic carbocycles. The summed E-state index contributed by atoms with van der Waals surface area (Å²) in [6, 6.07) is 5.12. The molecular weight excluding hydrogens is 292 g/mol. The Bertz CT molecular complexity index is 604. The first kappa shape index (κ1) is 16.2. The van der Waals surface area contributed by atoms with Crippen LogP contribution < -0.4 is 10.9 Å². The van der Waals surface area contributed by atoms with Gasteiger partial charge in [-0.15, -0.1) is 0 Å². The Hall–Kier alpha value is -1.62. The van der Waals surface area contributed by atoms with Gasteiger partial charge in [0.25, 0.3) is 5.56 Å². The monoisotopic (exact) mass is 318 g/mol. The van der Waals surface area contributed by atoms with Gasteiger partial charge in [-0.2, -0.15) is 0 Å². The van der Waals surface area contributed by atoms with Gasteiger partial charge in [0.05, 0.1) is 6.10 Å². The highest BCUT2D eigenvalue weighted by Crippen LogP contribution is 2.53. The van der Waals surface area contributed by atoms with Crippen LogP contribution in [0.1, 0.15) is 45.4 Å². The molecule has 0 radical (unpaired) electrons. The number of nitrogens with zero attached hydrogens (tertiary/aromatic N) is 1. The van der Waals surface area contributed by atoms with Crippen LogP contribution in [0.2, 0.25) is 0 Å². The minimum absolute atomic E-state index is 0.0804. The number of amides is 1. The highest BCUT2D eigenvalue weighted by Gasteiger charge is 2.56. The topological polar surface area (TPSA) is 60.3 Å². The molecule has 23 heavy (non-hydrogen) atoms. The van der Waals surface area contributed by atoms with Crippen molar-refractivity contribution in [1.29, 1.82) is 0 Å². The number of nitrogens with one attached hydrogen (secondary N) is 1. The van der Waals surface area contributed by atoms with Crippen LogP contribution in [0, 0.1) is 5.41 Å². The van der Waals surface area contributed by atoms with Crippen LogP contribution in [-0.4, -0.2) is 29.2 Å². The third-order valence-electron chi connectivity index (χ3n) is 5.49. The molecule has 0 aliphatic heterocycles. The molecule has 2 atom stereocenters. The molecule has 2 aliphatic rings. The molecule has 2 fully saturated rings. The molecule has 0 saturated heterocycles. The van der Waals surface area contributed by atoms with Crippen molar-refractivity contribution >= 4 is 5.91 Å². The molecule has 5 heteroatoms. The van der Waals surface area contributed by atoms with E-state index >= 15 is 0 Å². The Balaban J connectivity index is 1.64. The van der Waals surface area contributed by atoms with Crippen molar-refractivity contribution in [2.75, 3.05) is 6.61 Å². The van der Waals surface area contributed by atoms with Crippen molar-refractivity contribution in [2.45, 2.75) is 64.1 Å². The molecule has 0 bridgehead atoms. The fraction of sp³-hybridized carbons (Fsp3) is 0.667. The normalized spacial score (nSPS) is 25.8. The highest BCUT2D eigenvalue weighted by molar-refractivity contribution is 5.76. The van der Waals surface area contributed by atoms with E-state index < -0.39 is 0 Å². The summed E-state index contributed by atoms with van der Waals surface area (Å²) in [7, 11) is 0. The van der Waals surface area contributed by atoms with E-state index in [1.807, 2.05) is 6.92 Å². The number of carbonyl (C=O) groups is 1. The third-order valence-corrected chi connectivity index (χ3v) is 5.49. The Kier molecular flexibility index (Phi) is 4.85. The fourth-order valence-electron chi connectivity index (χ4n) is 4.25. The summed E-state index contributed by atoms with van der Waals surface area (Å²) in [5.74, 6) is -0.0804. The number of rotatable bonds is 5. The van der Waals surface area contributed by atoms with E-state index in [9.17, 15) is 9.59 Å². The van der Waals surface area contributed by atoms with E-state index in [0.29, 0.717) is 0 Å². The van der Waals surface area contributed by atoms with Gasteiger partial charge in [0.15, 0.2) is 0 Å². The standard InChI is InChI=1S/C18H26N2O3/c1-2-23-15-12-14(18(15)9-5-3-6-10-18)19-16(21)13-20-11-7-4-8-17(20)22/h4,7-8,11,14-15H,2-3,5-6,9-10,12-13H2,1H3,(H,19,21)/t14-,15-/m1/s1. The zero-order valence-corrected chi connectivity index (χ0v) is 13.8. The fourth-order valence-corrected chi connectivity index (χ4v) is 4.25. The van der Waals surface area contributed by atoms with Crippen molar-refractivity contribution < 1.29 is 9.53 Å². The zero-order valence-electron chi connectivity index (χ0n) is 13.8. The van der Waals surface area contributed by atoms with Gasteiger partial charge >= 0.3 is 0 Å². The van der Waals surface area contributed by atoms with Crippen molar-refractivity contribution in [3.05, 3.63) is 34.7 Å². The summed E-state index contributed by atoms with van der Waals surface area (Å²) >= 11 is 0. The first-order chi connectivity index (χ1) is 11.2. The Morgan fingerprint density at radius 3 is 2.83 bits per heavy atom. The van der Waals surface area contributed by atoms with Gasteiger partial charge < -0.3 is 14.6 Å². The van der Waals surface area contributed by atoms with Crippen molar-refractivity contribution in [1.82, 2.24) is 9.88 Å². The summed E-state index contributed by atoms with van der Waals surface area (Å²) in [4.78, 5) is 24.1. The summed E-state index contributed by atoms with van der Waals surface area (Å²) in [5, 5.41) is 3.16. The van der Waals surface area contributed by atoms with E-state index in [1.54, 1.807) is 18.3 Å². The van der Waals surface area contributed by atoms with E-state index in [2.05, 4.69) is 5.32 Å². The average Bonchev–Trinajstić information content (AvgIpc) is 2.57. The van der Waals surface area contributed by atoms with E-state index in [4.69, 9.17) is 4.74 Å². The van der Waals surface area contributed by atoms with Crippen LogP contribution in [0.15, 0.2) is 29.2 Å². The predicted octanol–water partition coefficient (Wildman–Crippen LogP) is 2.09. The minimum Gasteiger partial charge on any atom is -0.378 e. The lowest BCUT2D eigenvalue weighted by molar-refractivity contribution is -0.157. The maximum absolute atomic E-state index is 12.3. The minimum atomic E-state index is -0.143. The van der Waals surface area contributed by atoms with Crippen molar-refractivity contribution in [3.8, 4) is 0 Å². The van der Waals surface area contributed by atoms with Crippen LogP contribution in [-0.2, 0) is 16.1 Å². The van der Waals surface area contributed by atoms with Crippen LogP contribution >= 0.6 is 0 Å². The predicted molar refractivity (Wildman–Crippen MR) is 88.2 cm³/mol. The van der Waals surface area contributed by atoms with Crippen LogP contribution in [0.3, 0.4) is 0 Å². The van der Waals surface area contributed by atoms with Gasteiger partial charge in [-0.25, -0.2) is 0 Å². The molecule has 1 aromatic rings. The van der Waals surface area contributed by atoms with Gasteiger partial charge in [0.2, 0.25) is 5.91 Å². The first-order valence-electron chi connectivity index (χ1n) is 8.72. The quantitative estimate of drug-likeness (QED) is 0.904. The highest BCUT2D eigenvalue weighted by atomic mass is 16.5. The number of pyridine rings is 1. The number of carbonyl (C=O) groups excluding carboxylic acids is 1. The second-order valence-electron chi connectivity index (χ2n) is 6.76. The number of aromatic nitrogens is 1. The maximum atomic E-state index is 12.3. The summed E-state index contributed by atoms with van der Waals surface area (Å²) < 4.78 is 7.36. The molecule has 1 aromatic heterocycles. The number of hydrogen-bond donors (Lipinski definition) is 1. The maximum Gasteiger partial charge on any atom is 0.250 e. The number of ether oxygens (including phenoxy) is 1. The zero-order chi connectivity index (χ0) is 16.3. The van der Waals surface area contributed by atoms with E-state index in [0.717, 1.165) is 25.9 Å². The molecule has 0 aromatic carbocycles. The summed E-state index contributed by atoms with van der Waals surface area (Å²) in [5.41, 5.74) is -0.0261. The SMILES string of the molecule is CCO[C@@H]1C[C@@H](NC(=O)Cn2ccccc2=O)C12CCCCC2. The van der Waals surface area contributed by atoms with Crippen molar-refractivity contribution in [2.24, 2.45) is 5.41 Å². The second-order valence-corrected chi connectivity index (χ2v) is 6.76. The summed E-state index contributed by atoms with van der Waals surface area (Å²) in [6.45, 7) is 2.85. The second kappa shape index (κ2) is 6.87. The largest absolute Gasteiger partial charge is 0.378 e. The molecular formula is C18H26N2O3. The summed E-state index contributed by atoms with van der Waals surface area (Å²) in [6.07, 6.45) is 8.80. The lowest BCUT2D eigenvalue weighted by atomic mass is 9.55. The Morgan fingerprint density at radius 1 is 1.35 bits per heavy atom. The van der Waals surface area contributed by atoms with Gasteiger partial charge in [0, 0.05) is 30.3 Å². The molecule has 2 saturated carbocycles. The third kappa shape index (κ3) is 3.20. The lowest BCUT2D eigenvalue weighted by Crippen LogP contribution is -2.65. The molecule has 126 valence electrons. The molecule has 0 unspecified atom stereocenters. The molecule has 1 heterocycles. The molecule has 3 rings (SSSR count). The van der Waals surface area contributed by atoms with Crippen LogP contribution in [0.4, 0.5) is 0 Å². The van der Waals surface area contributed by atoms with Crippen LogP contribution in [0.25, 0.3) is 0 Å². The number of hydrogen-bond acceptors (Lipinski definition) is 3. The van der Waals surface area contributed by atoms with Crippen molar-refractivity contribution in [3.63, 3.8) is 0 Å². The van der Waals surface area contributed by atoms with Crippen LogP contribution in [0.5, 0.6) is 0 Å². The average molecular weight is 318 g/mol. The van der Waals surface area contributed by atoms with E-state index in [-0.39, 0.29) is 35.6 Å². The van der Waals surface area contributed by atoms with E-state index in [1.165, 1.54) is 29.9 Å².